The standard InChI is InChI=1S/C14H8FS/c15-13-4-1-10(2-5-13)11-3-6-14-12(9-11)7-8-16-14/h1-7,9H. The Hall–Kier alpha value is -1.67. The molecular formula is C14H8FS. The second-order valence-corrected chi connectivity index (χ2v) is 4.50. The van der Waals surface area contributed by atoms with E-state index in [4.69, 9.17) is 0 Å². The number of hydrogen-bond donors (Lipinski definition) is 0. The van der Waals surface area contributed by atoms with Gasteiger partial charge in [-0.3, -0.25) is 0 Å². The minimum atomic E-state index is -0.200. The van der Waals surface area contributed by atoms with E-state index < -0.39 is 0 Å². The Morgan fingerprint density at radius 3 is 2.50 bits per heavy atom. The zero-order chi connectivity index (χ0) is 11.0. The minimum absolute atomic E-state index is 0.200. The first-order valence-electron chi connectivity index (χ1n) is 4.98. The fraction of sp³-hybridized carbons (Fsp3) is 0. The maximum Gasteiger partial charge on any atom is 0.123 e. The van der Waals surface area contributed by atoms with Gasteiger partial charge in [-0.15, -0.1) is 11.3 Å². The van der Waals surface area contributed by atoms with Crippen molar-refractivity contribution in [3.8, 4) is 11.1 Å². The predicted molar refractivity (Wildman–Crippen MR) is 66.1 cm³/mol. The fourth-order valence-corrected chi connectivity index (χ4v) is 2.42. The molecule has 0 aliphatic rings. The molecule has 1 heterocycles. The highest BCUT2D eigenvalue weighted by molar-refractivity contribution is 7.16. The van der Waals surface area contributed by atoms with Crippen molar-refractivity contribution in [2.24, 2.45) is 0 Å². The fourth-order valence-electron chi connectivity index (χ4n) is 1.73. The summed E-state index contributed by atoms with van der Waals surface area (Å²) in [5.41, 5.74) is 2.15. The lowest BCUT2D eigenvalue weighted by atomic mass is 10.0. The largest absolute Gasteiger partial charge is 0.207 e. The van der Waals surface area contributed by atoms with Crippen molar-refractivity contribution < 1.29 is 4.39 Å². The SMILES string of the molecule is Fc1ccc(-c2ccc3s[c]cc3c2)cc1. The highest BCUT2D eigenvalue weighted by Gasteiger charge is 2.00. The van der Waals surface area contributed by atoms with Gasteiger partial charge in [0.05, 0.1) is 0 Å². The molecule has 0 saturated heterocycles. The van der Waals surface area contributed by atoms with Crippen LogP contribution in [0.4, 0.5) is 4.39 Å². The van der Waals surface area contributed by atoms with Crippen LogP contribution in [-0.4, -0.2) is 0 Å². The van der Waals surface area contributed by atoms with Crippen molar-refractivity contribution in [2.45, 2.75) is 0 Å². The van der Waals surface area contributed by atoms with Crippen molar-refractivity contribution in [2.75, 3.05) is 0 Å². The Morgan fingerprint density at radius 1 is 0.938 bits per heavy atom. The summed E-state index contributed by atoms with van der Waals surface area (Å²) in [6, 6.07) is 14.8. The summed E-state index contributed by atoms with van der Waals surface area (Å²) in [5.74, 6) is -0.200. The molecule has 0 spiro atoms. The molecule has 16 heavy (non-hydrogen) atoms. The maximum absolute atomic E-state index is 12.8. The summed E-state index contributed by atoms with van der Waals surface area (Å²) in [6.45, 7) is 0. The van der Waals surface area contributed by atoms with Crippen LogP contribution in [0.3, 0.4) is 0 Å². The van der Waals surface area contributed by atoms with Gasteiger partial charge in [-0.25, -0.2) is 4.39 Å². The molecular weight excluding hydrogens is 219 g/mol. The van der Waals surface area contributed by atoms with Crippen molar-refractivity contribution >= 4 is 21.4 Å². The molecule has 1 aromatic heterocycles. The molecule has 0 saturated carbocycles. The zero-order valence-electron chi connectivity index (χ0n) is 8.41. The third kappa shape index (κ3) is 1.61. The van der Waals surface area contributed by atoms with Crippen LogP contribution in [0.1, 0.15) is 0 Å². The van der Waals surface area contributed by atoms with Crippen LogP contribution in [0.2, 0.25) is 0 Å². The van der Waals surface area contributed by atoms with Crippen molar-refractivity contribution in [3.63, 3.8) is 0 Å². The highest BCUT2D eigenvalue weighted by Crippen LogP contribution is 2.27. The molecule has 0 N–H and O–H groups in total. The minimum Gasteiger partial charge on any atom is -0.207 e. The van der Waals surface area contributed by atoms with E-state index in [0.717, 1.165) is 11.1 Å². The van der Waals surface area contributed by atoms with Crippen LogP contribution in [0.5, 0.6) is 0 Å². The van der Waals surface area contributed by atoms with E-state index in [2.05, 4.69) is 23.6 Å². The first kappa shape index (κ1) is 9.55. The molecule has 0 amide bonds. The van der Waals surface area contributed by atoms with Gasteiger partial charge in [-0.2, -0.15) is 0 Å². The molecule has 0 aliphatic heterocycles. The van der Waals surface area contributed by atoms with Crippen LogP contribution in [0.15, 0.2) is 48.5 Å². The molecule has 2 heteroatoms. The Balaban J connectivity index is 2.14. The van der Waals surface area contributed by atoms with Gasteiger partial charge >= 0.3 is 0 Å². The van der Waals surface area contributed by atoms with E-state index >= 15 is 0 Å². The quantitative estimate of drug-likeness (QED) is 0.574. The van der Waals surface area contributed by atoms with Crippen LogP contribution in [-0.2, 0) is 0 Å². The number of benzene rings is 2. The lowest BCUT2D eigenvalue weighted by molar-refractivity contribution is 0.628. The van der Waals surface area contributed by atoms with Crippen molar-refractivity contribution in [3.05, 3.63) is 59.7 Å². The summed E-state index contributed by atoms with van der Waals surface area (Å²) in [6.07, 6.45) is 0. The average Bonchev–Trinajstić information content (AvgIpc) is 2.77. The van der Waals surface area contributed by atoms with Crippen molar-refractivity contribution in [1.82, 2.24) is 0 Å². The summed E-state index contributed by atoms with van der Waals surface area (Å²) in [4.78, 5) is 0. The lowest BCUT2D eigenvalue weighted by Crippen LogP contribution is -1.78. The highest BCUT2D eigenvalue weighted by atomic mass is 32.1. The van der Waals surface area contributed by atoms with Gasteiger partial charge in [0.15, 0.2) is 0 Å². The molecule has 3 rings (SSSR count). The summed E-state index contributed by atoms with van der Waals surface area (Å²) in [7, 11) is 0. The van der Waals surface area contributed by atoms with Crippen LogP contribution in [0.25, 0.3) is 21.2 Å². The number of rotatable bonds is 1. The molecule has 2 aromatic carbocycles. The number of halogens is 1. The zero-order valence-corrected chi connectivity index (χ0v) is 9.22. The summed E-state index contributed by atoms with van der Waals surface area (Å²) in [5, 5.41) is 4.29. The van der Waals surface area contributed by atoms with Gasteiger partial charge in [0.25, 0.3) is 0 Å². The Kier molecular flexibility index (Phi) is 2.22. The average molecular weight is 227 g/mol. The first-order chi connectivity index (χ1) is 7.83. The molecule has 77 valence electrons. The van der Waals surface area contributed by atoms with Crippen LogP contribution < -0.4 is 0 Å². The molecule has 1 radical (unpaired) electrons. The van der Waals surface area contributed by atoms with Gasteiger partial charge in [0, 0.05) is 10.1 Å². The lowest BCUT2D eigenvalue weighted by Gasteiger charge is -2.01. The Morgan fingerprint density at radius 2 is 1.69 bits per heavy atom. The van der Waals surface area contributed by atoms with Gasteiger partial charge in [-0.1, -0.05) is 18.2 Å². The Labute approximate surface area is 97.0 Å². The van der Waals surface area contributed by atoms with Gasteiger partial charge in [0.1, 0.15) is 5.82 Å². The Bertz CT molecular complexity index is 623. The second-order valence-electron chi connectivity index (χ2n) is 3.62. The molecule has 0 atom stereocenters. The van der Waals surface area contributed by atoms with E-state index in [9.17, 15) is 4.39 Å². The van der Waals surface area contributed by atoms with Crippen LogP contribution >= 0.6 is 11.3 Å². The monoisotopic (exact) mass is 227 g/mol. The van der Waals surface area contributed by atoms with E-state index in [1.807, 2.05) is 6.07 Å². The van der Waals surface area contributed by atoms with E-state index in [-0.39, 0.29) is 5.82 Å². The molecule has 0 bridgehead atoms. The van der Waals surface area contributed by atoms with Crippen molar-refractivity contribution in [1.29, 1.82) is 0 Å². The number of hydrogen-bond acceptors (Lipinski definition) is 1. The molecule has 0 fully saturated rings. The molecule has 0 nitrogen and oxygen atoms in total. The van der Waals surface area contributed by atoms with Gasteiger partial charge in [0.2, 0.25) is 0 Å². The predicted octanol–water partition coefficient (Wildman–Crippen LogP) is 4.51. The molecule has 0 aliphatic carbocycles. The number of thiophene rings is 1. The number of fused-ring (bicyclic) bond motifs is 1. The van der Waals surface area contributed by atoms with E-state index in [1.54, 1.807) is 23.5 Å². The normalized spacial score (nSPS) is 10.8. The molecule has 3 aromatic rings. The first-order valence-corrected chi connectivity index (χ1v) is 5.80. The van der Waals surface area contributed by atoms with E-state index in [0.29, 0.717) is 0 Å². The smallest absolute Gasteiger partial charge is 0.123 e. The third-order valence-corrected chi connectivity index (χ3v) is 3.40. The molecule has 0 unspecified atom stereocenters. The topological polar surface area (TPSA) is 0 Å². The maximum atomic E-state index is 12.8. The summed E-state index contributed by atoms with van der Waals surface area (Å²) < 4.78 is 14.0. The van der Waals surface area contributed by atoms with E-state index in [1.165, 1.54) is 22.2 Å². The third-order valence-electron chi connectivity index (χ3n) is 2.57. The van der Waals surface area contributed by atoms with Crippen LogP contribution in [0, 0.1) is 11.2 Å². The second kappa shape index (κ2) is 3.72. The summed E-state index contributed by atoms with van der Waals surface area (Å²) >= 11 is 1.61. The van der Waals surface area contributed by atoms with Gasteiger partial charge < -0.3 is 0 Å². The van der Waals surface area contributed by atoms with Gasteiger partial charge in [-0.05, 0) is 46.8 Å².